The van der Waals surface area contributed by atoms with Crippen LogP contribution in [0.15, 0.2) is 12.2 Å². The summed E-state index contributed by atoms with van der Waals surface area (Å²) in [5.74, 6) is -0.236. The fourth-order valence-electron chi connectivity index (χ4n) is 1.89. The van der Waals surface area contributed by atoms with Crippen molar-refractivity contribution in [2.24, 2.45) is 11.8 Å². The molecule has 0 amide bonds. The molecule has 1 N–H and O–H groups in total. The van der Waals surface area contributed by atoms with Crippen LogP contribution < -0.4 is 0 Å². The fourth-order valence-corrected chi connectivity index (χ4v) is 1.89. The number of hydrogen-bond acceptors (Lipinski definition) is 1. The molecular weight excluding hydrogens is 188 g/mol. The first-order valence-corrected chi connectivity index (χ1v) is 6.13. The molecule has 0 aliphatic heterocycles. The molecule has 0 bridgehead atoms. The summed E-state index contributed by atoms with van der Waals surface area (Å²) in [4.78, 5) is 10.6. The van der Waals surface area contributed by atoms with E-state index in [2.05, 4.69) is 19.1 Å². The van der Waals surface area contributed by atoms with Crippen LogP contribution >= 0.6 is 0 Å². The standard InChI is InChI=1S/C13H22O2/c1-2-3-4-5-6-7-8-9-11-10-12(11)13(14)15/h7-8,11-12H,2-6,9-10H2,1H3,(H,14,15). The Bertz CT molecular complexity index is 221. The first-order chi connectivity index (χ1) is 7.25. The van der Waals surface area contributed by atoms with Gasteiger partial charge in [-0.15, -0.1) is 0 Å². The molecule has 2 nitrogen and oxygen atoms in total. The van der Waals surface area contributed by atoms with Crippen LogP contribution in [0.2, 0.25) is 0 Å². The lowest BCUT2D eigenvalue weighted by atomic mass is 10.1. The molecule has 15 heavy (non-hydrogen) atoms. The molecule has 1 aliphatic carbocycles. The maximum atomic E-state index is 10.6. The van der Waals surface area contributed by atoms with Crippen molar-refractivity contribution in [3.63, 3.8) is 0 Å². The van der Waals surface area contributed by atoms with Gasteiger partial charge in [-0.2, -0.15) is 0 Å². The largest absolute Gasteiger partial charge is 0.481 e. The third-order valence-corrected chi connectivity index (χ3v) is 3.07. The van der Waals surface area contributed by atoms with E-state index < -0.39 is 5.97 Å². The molecule has 0 aromatic carbocycles. The number of carbonyl (C=O) groups is 1. The molecule has 0 radical (unpaired) electrons. The van der Waals surface area contributed by atoms with Gasteiger partial charge >= 0.3 is 5.97 Å². The average molecular weight is 210 g/mol. The Morgan fingerprint density at radius 1 is 1.33 bits per heavy atom. The predicted molar refractivity (Wildman–Crippen MR) is 61.7 cm³/mol. The summed E-state index contributed by atoms with van der Waals surface area (Å²) >= 11 is 0. The van der Waals surface area contributed by atoms with E-state index in [0.29, 0.717) is 5.92 Å². The van der Waals surface area contributed by atoms with E-state index in [1.807, 2.05) is 0 Å². The van der Waals surface area contributed by atoms with Gasteiger partial charge in [-0.1, -0.05) is 38.3 Å². The van der Waals surface area contributed by atoms with Gasteiger partial charge in [0.1, 0.15) is 0 Å². The maximum absolute atomic E-state index is 10.6. The topological polar surface area (TPSA) is 37.3 Å². The summed E-state index contributed by atoms with van der Waals surface area (Å²) in [7, 11) is 0. The van der Waals surface area contributed by atoms with Crippen LogP contribution in [0.25, 0.3) is 0 Å². The zero-order chi connectivity index (χ0) is 11.1. The normalized spacial score (nSPS) is 24.6. The van der Waals surface area contributed by atoms with Gasteiger partial charge in [-0.25, -0.2) is 0 Å². The summed E-state index contributed by atoms with van der Waals surface area (Å²) in [6.45, 7) is 2.22. The average Bonchev–Trinajstić information content (AvgIpc) is 2.96. The summed E-state index contributed by atoms with van der Waals surface area (Å²) in [6.07, 6.45) is 12.6. The van der Waals surface area contributed by atoms with Gasteiger partial charge < -0.3 is 5.11 Å². The Morgan fingerprint density at radius 3 is 2.73 bits per heavy atom. The number of carboxylic acids is 1. The fraction of sp³-hybridized carbons (Fsp3) is 0.769. The zero-order valence-electron chi connectivity index (χ0n) is 9.61. The summed E-state index contributed by atoms with van der Waals surface area (Å²) in [5.41, 5.74) is 0. The first-order valence-electron chi connectivity index (χ1n) is 6.13. The highest BCUT2D eigenvalue weighted by Crippen LogP contribution is 2.41. The van der Waals surface area contributed by atoms with Crippen molar-refractivity contribution in [2.45, 2.75) is 51.9 Å². The van der Waals surface area contributed by atoms with Gasteiger partial charge in [0, 0.05) is 0 Å². The number of rotatable bonds is 8. The second-order valence-corrected chi connectivity index (χ2v) is 4.50. The van der Waals surface area contributed by atoms with Crippen molar-refractivity contribution >= 4 is 5.97 Å². The van der Waals surface area contributed by atoms with Gasteiger partial charge in [0.25, 0.3) is 0 Å². The van der Waals surface area contributed by atoms with E-state index >= 15 is 0 Å². The van der Waals surface area contributed by atoms with E-state index in [0.717, 1.165) is 19.3 Å². The van der Waals surface area contributed by atoms with Crippen LogP contribution in [0, 0.1) is 11.8 Å². The van der Waals surface area contributed by atoms with Gasteiger partial charge in [-0.05, 0) is 31.6 Å². The highest BCUT2D eigenvalue weighted by Gasteiger charge is 2.41. The van der Waals surface area contributed by atoms with Crippen molar-refractivity contribution in [1.29, 1.82) is 0 Å². The summed E-state index contributed by atoms with van der Waals surface area (Å²) in [6, 6.07) is 0. The van der Waals surface area contributed by atoms with Gasteiger partial charge in [-0.3, -0.25) is 4.79 Å². The molecule has 1 aliphatic rings. The van der Waals surface area contributed by atoms with Crippen LogP contribution in [0.3, 0.4) is 0 Å². The highest BCUT2D eigenvalue weighted by atomic mass is 16.4. The van der Waals surface area contributed by atoms with Gasteiger partial charge in [0.2, 0.25) is 0 Å². The Balaban J connectivity index is 1.92. The molecule has 1 saturated carbocycles. The number of hydrogen-bond donors (Lipinski definition) is 1. The van der Waals surface area contributed by atoms with E-state index in [9.17, 15) is 4.79 Å². The smallest absolute Gasteiger partial charge is 0.306 e. The molecule has 2 unspecified atom stereocenters. The van der Waals surface area contributed by atoms with E-state index in [-0.39, 0.29) is 5.92 Å². The number of allylic oxidation sites excluding steroid dienone is 2. The van der Waals surface area contributed by atoms with E-state index in [1.54, 1.807) is 0 Å². The minimum Gasteiger partial charge on any atom is -0.481 e. The third-order valence-electron chi connectivity index (χ3n) is 3.07. The number of carboxylic acid groups (broad SMARTS) is 1. The quantitative estimate of drug-likeness (QED) is 0.490. The third kappa shape index (κ3) is 5.01. The lowest BCUT2D eigenvalue weighted by Crippen LogP contribution is -1.98. The van der Waals surface area contributed by atoms with Crippen molar-refractivity contribution in [1.82, 2.24) is 0 Å². The molecular formula is C13H22O2. The van der Waals surface area contributed by atoms with E-state index in [1.165, 1.54) is 25.7 Å². The molecule has 1 rings (SSSR count). The van der Waals surface area contributed by atoms with Crippen molar-refractivity contribution in [3.05, 3.63) is 12.2 Å². The minimum atomic E-state index is -0.614. The number of unbranched alkanes of at least 4 members (excludes halogenated alkanes) is 4. The lowest BCUT2D eigenvalue weighted by molar-refractivity contribution is -0.138. The Morgan fingerprint density at radius 2 is 2.13 bits per heavy atom. The Hall–Kier alpha value is -0.790. The second kappa shape index (κ2) is 6.65. The SMILES string of the molecule is CCCCCCC=CCC1CC1C(=O)O. The molecule has 1 fully saturated rings. The number of aliphatic carboxylic acids is 1. The predicted octanol–water partition coefficient (Wildman–Crippen LogP) is 3.62. The molecule has 2 heteroatoms. The van der Waals surface area contributed by atoms with Crippen LogP contribution in [-0.2, 0) is 4.79 Å². The van der Waals surface area contributed by atoms with E-state index in [4.69, 9.17) is 5.11 Å². The van der Waals surface area contributed by atoms with Crippen molar-refractivity contribution < 1.29 is 9.90 Å². The molecule has 0 spiro atoms. The molecule has 86 valence electrons. The van der Waals surface area contributed by atoms with Crippen LogP contribution in [0.4, 0.5) is 0 Å². The van der Waals surface area contributed by atoms with Gasteiger partial charge in [0.05, 0.1) is 5.92 Å². The Kier molecular flexibility index (Phi) is 5.44. The van der Waals surface area contributed by atoms with Gasteiger partial charge in [0.15, 0.2) is 0 Å². The molecule has 0 heterocycles. The minimum absolute atomic E-state index is 0.0465. The van der Waals surface area contributed by atoms with Crippen LogP contribution in [0.5, 0.6) is 0 Å². The zero-order valence-corrected chi connectivity index (χ0v) is 9.61. The molecule has 0 saturated heterocycles. The molecule has 0 aromatic rings. The highest BCUT2D eigenvalue weighted by molar-refractivity contribution is 5.73. The monoisotopic (exact) mass is 210 g/mol. The first kappa shape index (κ1) is 12.3. The summed E-state index contributed by atoms with van der Waals surface area (Å²) in [5, 5.41) is 8.70. The summed E-state index contributed by atoms with van der Waals surface area (Å²) < 4.78 is 0. The van der Waals surface area contributed by atoms with Crippen LogP contribution in [-0.4, -0.2) is 11.1 Å². The van der Waals surface area contributed by atoms with Crippen molar-refractivity contribution in [3.8, 4) is 0 Å². The van der Waals surface area contributed by atoms with Crippen molar-refractivity contribution in [2.75, 3.05) is 0 Å². The second-order valence-electron chi connectivity index (χ2n) is 4.50. The van der Waals surface area contributed by atoms with Crippen LogP contribution in [0.1, 0.15) is 51.9 Å². The maximum Gasteiger partial charge on any atom is 0.306 e. The molecule has 2 atom stereocenters. The molecule has 0 aromatic heterocycles. The lowest BCUT2D eigenvalue weighted by Gasteiger charge is -1.94. The Labute approximate surface area is 92.4 Å².